The lowest BCUT2D eigenvalue weighted by Gasteiger charge is -2.18. The molecule has 1 atom stereocenters. The Kier molecular flexibility index (Phi) is 6.19. The normalized spacial score (nSPS) is 16.0. The average molecular weight is 459 g/mol. The number of nitrogens with zero attached hydrogens (tertiary/aromatic N) is 3. The summed E-state index contributed by atoms with van der Waals surface area (Å²) in [7, 11) is 3.86. The van der Waals surface area contributed by atoms with Crippen LogP contribution in [0.3, 0.4) is 0 Å². The van der Waals surface area contributed by atoms with Gasteiger partial charge in [0, 0.05) is 15.6 Å². The van der Waals surface area contributed by atoms with Gasteiger partial charge in [-0.15, -0.1) is 11.3 Å². The van der Waals surface area contributed by atoms with Gasteiger partial charge in [-0.05, 0) is 75.5 Å². The van der Waals surface area contributed by atoms with Crippen molar-refractivity contribution in [2.45, 2.75) is 46.2 Å². The molecule has 8 heteroatoms. The molecule has 164 valence electrons. The van der Waals surface area contributed by atoms with Crippen LogP contribution in [-0.2, 0) is 30.7 Å². The first kappa shape index (κ1) is 22.0. The maximum Gasteiger partial charge on any atom is 0.263 e. The van der Waals surface area contributed by atoms with Crippen LogP contribution in [0.4, 0.5) is 5.69 Å². The molecule has 0 spiro atoms. The van der Waals surface area contributed by atoms with Crippen LogP contribution >= 0.6 is 22.9 Å². The number of halogens is 1. The molecule has 1 amide bonds. The van der Waals surface area contributed by atoms with Crippen LogP contribution in [0.1, 0.15) is 35.2 Å². The third-order valence-corrected chi connectivity index (χ3v) is 7.10. The zero-order valence-electron chi connectivity index (χ0n) is 18.3. The SMILES string of the molecule is Cc1cc(Cl)ccc1NC(=O)Cn1c(CN(C)C)nc2sc3c(c2c1=O)CCC(C)C3. The van der Waals surface area contributed by atoms with Gasteiger partial charge in [-0.1, -0.05) is 18.5 Å². The van der Waals surface area contributed by atoms with Gasteiger partial charge >= 0.3 is 0 Å². The second kappa shape index (κ2) is 8.73. The number of amides is 1. The second-order valence-corrected chi connectivity index (χ2v) is 10.2. The highest BCUT2D eigenvalue weighted by Crippen LogP contribution is 2.35. The van der Waals surface area contributed by atoms with Crippen LogP contribution in [0.15, 0.2) is 23.0 Å². The number of aryl methyl sites for hydroxylation is 2. The molecule has 0 saturated heterocycles. The van der Waals surface area contributed by atoms with E-state index in [2.05, 4.69) is 12.2 Å². The fourth-order valence-electron chi connectivity index (χ4n) is 4.13. The molecular formula is C23H27ClN4O2S. The molecule has 1 unspecified atom stereocenters. The Morgan fingerprint density at radius 2 is 2.16 bits per heavy atom. The number of rotatable bonds is 5. The summed E-state index contributed by atoms with van der Waals surface area (Å²) in [5.41, 5.74) is 2.58. The van der Waals surface area contributed by atoms with Crippen LogP contribution < -0.4 is 10.9 Å². The van der Waals surface area contributed by atoms with E-state index >= 15 is 0 Å². The Bertz CT molecular complexity index is 1210. The molecule has 1 aromatic carbocycles. The van der Waals surface area contributed by atoms with E-state index in [0.717, 1.165) is 35.2 Å². The molecule has 1 N–H and O–H groups in total. The molecule has 1 aliphatic rings. The van der Waals surface area contributed by atoms with E-state index in [1.807, 2.05) is 25.9 Å². The monoisotopic (exact) mass is 458 g/mol. The largest absolute Gasteiger partial charge is 0.324 e. The summed E-state index contributed by atoms with van der Waals surface area (Å²) >= 11 is 7.65. The molecule has 0 saturated carbocycles. The summed E-state index contributed by atoms with van der Waals surface area (Å²) in [4.78, 5) is 35.3. The minimum atomic E-state index is -0.258. The zero-order valence-corrected chi connectivity index (χ0v) is 19.9. The van der Waals surface area contributed by atoms with Crippen molar-refractivity contribution in [3.63, 3.8) is 0 Å². The van der Waals surface area contributed by atoms with Crippen LogP contribution in [0, 0.1) is 12.8 Å². The van der Waals surface area contributed by atoms with Crippen molar-refractivity contribution in [2.75, 3.05) is 19.4 Å². The van der Waals surface area contributed by atoms with Gasteiger partial charge in [-0.2, -0.15) is 0 Å². The van der Waals surface area contributed by atoms with Gasteiger partial charge in [0.2, 0.25) is 5.91 Å². The molecule has 1 aliphatic carbocycles. The highest BCUT2D eigenvalue weighted by Gasteiger charge is 2.25. The fourth-order valence-corrected chi connectivity index (χ4v) is 5.75. The Morgan fingerprint density at radius 3 is 2.87 bits per heavy atom. The van der Waals surface area contributed by atoms with Crippen LogP contribution in [0.5, 0.6) is 0 Å². The van der Waals surface area contributed by atoms with E-state index in [9.17, 15) is 9.59 Å². The standard InChI is InChI=1S/C23H27ClN4O2S/c1-13-5-7-16-18(9-13)31-22-21(16)23(30)28(19(26-22)11-27(3)4)12-20(29)25-17-8-6-15(24)10-14(17)2/h6,8,10,13H,5,7,9,11-12H2,1-4H3,(H,25,29). The van der Waals surface area contributed by atoms with E-state index < -0.39 is 0 Å². The van der Waals surface area contributed by atoms with Gasteiger partial charge in [0.1, 0.15) is 17.2 Å². The maximum atomic E-state index is 13.6. The fraction of sp³-hybridized carbons (Fsp3) is 0.435. The van der Waals surface area contributed by atoms with Gasteiger partial charge in [0.05, 0.1) is 11.9 Å². The molecule has 0 bridgehead atoms. The van der Waals surface area contributed by atoms with Crippen molar-refractivity contribution in [3.8, 4) is 0 Å². The van der Waals surface area contributed by atoms with Crippen molar-refractivity contribution in [1.29, 1.82) is 0 Å². The number of hydrogen-bond donors (Lipinski definition) is 1. The zero-order chi connectivity index (χ0) is 22.3. The quantitative estimate of drug-likeness (QED) is 0.620. The van der Waals surface area contributed by atoms with Gasteiger partial charge in [0.25, 0.3) is 5.56 Å². The number of carbonyl (C=O) groups excluding carboxylic acids is 1. The van der Waals surface area contributed by atoms with E-state index in [4.69, 9.17) is 16.6 Å². The number of carbonyl (C=O) groups is 1. The molecule has 2 aromatic heterocycles. The topological polar surface area (TPSA) is 67.2 Å². The number of fused-ring (bicyclic) bond motifs is 3. The lowest BCUT2D eigenvalue weighted by atomic mass is 9.89. The van der Waals surface area contributed by atoms with E-state index in [1.165, 1.54) is 9.44 Å². The van der Waals surface area contributed by atoms with E-state index in [0.29, 0.717) is 34.4 Å². The van der Waals surface area contributed by atoms with Crippen molar-refractivity contribution in [1.82, 2.24) is 14.5 Å². The molecule has 4 rings (SSSR count). The lowest BCUT2D eigenvalue weighted by Crippen LogP contribution is -2.33. The highest BCUT2D eigenvalue weighted by atomic mass is 35.5. The summed E-state index contributed by atoms with van der Waals surface area (Å²) in [5.74, 6) is 0.973. The predicted molar refractivity (Wildman–Crippen MR) is 127 cm³/mol. The average Bonchev–Trinajstić information content (AvgIpc) is 3.04. The lowest BCUT2D eigenvalue weighted by molar-refractivity contribution is -0.116. The Balaban J connectivity index is 1.73. The minimum absolute atomic E-state index is 0.0754. The number of thiophene rings is 1. The minimum Gasteiger partial charge on any atom is -0.324 e. The first-order valence-corrected chi connectivity index (χ1v) is 11.7. The number of anilines is 1. The molecule has 2 heterocycles. The summed E-state index contributed by atoms with van der Waals surface area (Å²) in [6.07, 6.45) is 2.97. The summed E-state index contributed by atoms with van der Waals surface area (Å²) in [6.45, 7) is 4.54. The Labute approximate surface area is 190 Å². The van der Waals surface area contributed by atoms with Crippen molar-refractivity contribution >= 4 is 44.7 Å². The summed E-state index contributed by atoms with van der Waals surface area (Å²) in [5, 5.41) is 4.22. The van der Waals surface area contributed by atoms with Crippen molar-refractivity contribution in [2.24, 2.45) is 5.92 Å². The molecule has 31 heavy (non-hydrogen) atoms. The van der Waals surface area contributed by atoms with E-state index in [1.54, 1.807) is 29.5 Å². The molecule has 0 aliphatic heterocycles. The van der Waals surface area contributed by atoms with Crippen molar-refractivity contribution in [3.05, 3.63) is 55.4 Å². The number of benzene rings is 1. The number of hydrogen-bond acceptors (Lipinski definition) is 5. The maximum absolute atomic E-state index is 13.6. The van der Waals surface area contributed by atoms with Gasteiger partial charge in [0.15, 0.2) is 0 Å². The smallest absolute Gasteiger partial charge is 0.263 e. The predicted octanol–water partition coefficient (Wildman–Crippen LogP) is 4.24. The Hall–Kier alpha value is -2.22. The molecule has 0 fully saturated rings. The van der Waals surface area contributed by atoms with Gasteiger partial charge < -0.3 is 10.2 Å². The third kappa shape index (κ3) is 4.54. The highest BCUT2D eigenvalue weighted by molar-refractivity contribution is 7.18. The van der Waals surface area contributed by atoms with E-state index in [-0.39, 0.29) is 18.0 Å². The number of nitrogens with one attached hydrogen (secondary N) is 1. The molecule has 0 radical (unpaired) electrons. The Morgan fingerprint density at radius 1 is 1.39 bits per heavy atom. The van der Waals surface area contributed by atoms with Crippen LogP contribution in [-0.4, -0.2) is 34.5 Å². The summed E-state index contributed by atoms with van der Waals surface area (Å²) < 4.78 is 1.54. The van der Waals surface area contributed by atoms with Crippen molar-refractivity contribution < 1.29 is 4.79 Å². The van der Waals surface area contributed by atoms with Gasteiger partial charge in [-0.25, -0.2) is 4.98 Å². The molecular weight excluding hydrogens is 432 g/mol. The van der Waals surface area contributed by atoms with Gasteiger partial charge in [-0.3, -0.25) is 14.2 Å². The molecule has 6 nitrogen and oxygen atoms in total. The van der Waals surface area contributed by atoms with Crippen LogP contribution in [0.25, 0.3) is 10.2 Å². The second-order valence-electron chi connectivity index (χ2n) is 8.70. The first-order chi connectivity index (χ1) is 14.7. The first-order valence-electron chi connectivity index (χ1n) is 10.5. The molecule has 3 aromatic rings. The van der Waals surface area contributed by atoms with Crippen LogP contribution in [0.2, 0.25) is 5.02 Å². The number of aromatic nitrogens is 2. The third-order valence-electron chi connectivity index (χ3n) is 5.72. The summed E-state index contributed by atoms with van der Waals surface area (Å²) in [6, 6.07) is 5.31.